The molecular formula is C21H33BO2. The van der Waals surface area contributed by atoms with Crippen LogP contribution >= 0.6 is 0 Å². The second kappa shape index (κ2) is 5.11. The van der Waals surface area contributed by atoms with Crippen LogP contribution in [-0.2, 0) is 20.1 Å². The highest BCUT2D eigenvalue weighted by atomic mass is 16.7. The van der Waals surface area contributed by atoms with E-state index >= 15 is 0 Å². The molecule has 2 nitrogen and oxygen atoms in total. The molecule has 1 aromatic rings. The van der Waals surface area contributed by atoms with Crippen LogP contribution in [0.5, 0.6) is 0 Å². The average Bonchev–Trinajstić information content (AvgIpc) is 2.63. The Morgan fingerprint density at radius 3 is 1.62 bits per heavy atom. The molecule has 0 bridgehead atoms. The predicted octanol–water partition coefficient (Wildman–Crippen LogP) is 4.64. The number of hydrogen-bond donors (Lipinski definition) is 0. The Balaban J connectivity index is 2.10. The van der Waals surface area contributed by atoms with Crippen LogP contribution in [0.4, 0.5) is 0 Å². The number of benzene rings is 1. The van der Waals surface area contributed by atoms with Crippen molar-refractivity contribution >= 4 is 12.6 Å². The van der Waals surface area contributed by atoms with E-state index in [4.69, 9.17) is 9.31 Å². The van der Waals surface area contributed by atoms with Gasteiger partial charge in [-0.25, -0.2) is 0 Å². The lowest BCUT2D eigenvalue weighted by atomic mass is 9.60. The minimum absolute atomic E-state index is 0.205. The minimum Gasteiger partial charge on any atom is -0.399 e. The fourth-order valence-corrected chi connectivity index (χ4v) is 3.96. The molecule has 0 unspecified atom stereocenters. The lowest BCUT2D eigenvalue weighted by Gasteiger charge is -2.42. The summed E-state index contributed by atoms with van der Waals surface area (Å²) in [5, 5.41) is 0. The first-order valence-corrected chi connectivity index (χ1v) is 9.28. The molecule has 0 radical (unpaired) electrons. The molecular weight excluding hydrogens is 295 g/mol. The molecule has 1 aliphatic heterocycles. The maximum absolute atomic E-state index is 6.32. The second-order valence-electron chi connectivity index (χ2n) is 10.1. The van der Waals surface area contributed by atoms with Crippen molar-refractivity contribution in [2.45, 2.75) is 97.2 Å². The Morgan fingerprint density at radius 2 is 1.17 bits per heavy atom. The van der Waals surface area contributed by atoms with Gasteiger partial charge in [0.05, 0.1) is 11.2 Å². The van der Waals surface area contributed by atoms with E-state index in [0.29, 0.717) is 0 Å². The highest BCUT2D eigenvalue weighted by Crippen LogP contribution is 2.46. The Hall–Kier alpha value is -0.795. The maximum atomic E-state index is 6.32. The quantitative estimate of drug-likeness (QED) is 0.699. The summed E-state index contributed by atoms with van der Waals surface area (Å²) in [7, 11) is -0.277. The van der Waals surface area contributed by atoms with E-state index in [9.17, 15) is 0 Å². The molecule has 0 spiro atoms. The fourth-order valence-electron chi connectivity index (χ4n) is 3.96. The fraction of sp³-hybridized carbons (Fsp3) is 0.714. The van der Waals surface area contributed by atoms with Crippen LogP contribution in [0, 0.1) is 6.92 Å². The smallest absolute Gasteiger partial charge is 0.399 e. The van der Waals surface area contributed by atoms with E-state index in [-0.39, 0.29) is 29.2 Å². The number of aryl methyl sites for hydroxylation is 1. The zero-order valence-corrected chi connectivity index (χ0v) is 17.0. The molecule has 3 heteroatoms. The number of rotatable bonds is 1. The zero-order chi connectivity index (χ0) is 18.1. The van der Waals surface area contributed by atoms with Crippen molar-refractivity contribution in [1.29, 1.82) is 0 Å². The first-order chi connectivity index (χ1) is 10.8. The molecule has 3 rings (SSSR count). The molecule has 132 valence electrons. The molecule has 1 aromatic carbocycles. The molecule has 1 aliphatic carbocycles. The second-order valence-corrected chi connectivity index (χ2v) is 10.1. The molecule has 0 saturated carbocycles. The first kappa shape index (κ1) is 18.0. The molecule has 0 amide bonds. The lowest BCUT2D eigenvalue weighted by Crippen LogP contribution is -2.41. The van der Waals surface area contributed by atoms with E-state index in [2.05, 4.69) is 74.4 Å². The largest absolute Gasteiger partial charge is 0.495 e. The topological polar surface area (TPSA) is 18.5 Å². The van der Waals surface area contributed by atoms with Gasteiger partial charge in [0.25, 0.3) is 0 Å². The van der Waals surface area contributed by atoms with Gasteiger partial charge in [-0.2, -0.15) is 0 Å². The van der Waals surface area contributed by atoms with E-state index in [1.807, 2.05) is 0 Å². The SMILES string of the molecule is Cc1cc2c(cc1B1OC(C)(C)C(C)(C)O1)C(C)(C)CCC2(C)C. The van der Waals surface area contributed by atoms with Crippen LogP contribution in [0.1, 0.15) is 84.9 Å². The van der Waals surface area contributed by atoms with Crippen LogP contribution in [0.15, 0.2) is 12.1 Å². The molecule has 24 heavy (non-hydrogen) atoms. The van der Waals surface area contributed by atoms with Gasteiger partial charge in [-0.05, 0) is 74.9 Å². The number of fused-ring (bicyclic) bond motifs is 1. The van der Waals surface area contributed by atoms with Crippen LogP contribution in [0.3, 0.4) is 0 Å². The minimum atomic E-state index is -0.297. The van der Waals surface area contributed by atoms with Crippen LogP contribution in [0.25, 0.3) is 0 Å². The zero-order valence-electron chi connectivity index (χ0n) is 17.0. The molecule has 2 aliphatic rings. The third-order valence-corrected chi connectivity index (χ3v) is 6.75. The van der Waals surface area contributed by atoms with E-state index in [0.717, 1.165) is 0 Å². The van der Waals surface area contributed by atoms with Crippen molar-refractivity contribution in [2.75, 3.05) is 0 Å². The molecule has 1 saturated heterocycles. The van der Waals surface area contributed by atoms with Crippen molar-refractivity contribution in [3.05, 3.63) is 28.8 Å². The van der Waals surface area contributed by atoms with Gasteiger partial charge in [0.1, 0.15) is 0 Å². The summed E-state index contributed by atoms with van der Waals surface area (Å²) in [5.41, 5.74) is 5.28. The third-order valence-electron chi connectivity index (χ3n) is 6.75. The monoisotopic (exact) mass is 328 g/mol. The Labute approximate surface area is 148 Å². The molecule has 0 aromatic heterocycles. The highest BCUT2D eigenvalue weighted by molar-refractivity contribution is 6.62. The van der Waals surface area contributed by atoms with Gasteiger partial charge in [0, 0.05) is 0 Å². The maximum Gasteiger partial charge on any atom is 0.495 e. The van der Waals surface area contributed by atoms with E-state index in [1.165, 1.54) is 35.0 Å². The summed E-state index contributed by atoms with van der Waals surface area (Å²) in [5.74, 6) is 0. The Bertz CT molecular complexity index is 655. The Kier molecular flexibility index (Phi) is 3.83. The molecule has 0 atom stereocenters. The lowest BCUT2D eigenvalue weighted by molar-refractivity contribution is 0.00578. The summed E-state index contributed by atoms with van der Waals surface area (Å²) in [4.78, 5) is 0. The Morgan fingerprint density at radius 1 is 0.750 bits per heavy atom. The summed E-state index contributed by atoms with van der Waals surface area (Å²) in [6.07, 6.45) is 2.46. The van der Waals surface area contributed by atoms with Crippen LogP contribution in [0.2, 0.25) is 0 Å². The van der Waals surface area contributed by atoms with Crippen LogP contribution in [-0.4, -0.2) is 18.3 Å². The van der Waals surface area contributed by atoms with Crippen molar-refractivity contribution in [3.63, 3.8) is 0 Å². The first-order valence-electron chi connectivity index (χ1n) is 9.28. The van der Waals surface area contributed by atoms with E-state index in [1.54, 1.807) is 0 Å². The van der Waals surface area contributed by atoms with Gasteiger partial charge in [-0.1, -0.05) is 45.4 Å². The van der Waals surface area contributed by atoms with Gasteiger partial charge < -0.3 is 9.31 Å². The summed E-state index contributed by atoms with van der Waals surface area (Å²) in [6, 6.07) is 4.75. The van der Waals surface area contributed by atoms with Gasteiger partial charge >= 0.3 is 7.12 Å². The van der Waals surface area contributed by atoms with Crippen molar-refractivity contribution in [1.82, 2.24) is 0 Å². The van der Waals surface area contributed by atoms with Crippen molar-refractivity contribution in [2.24, 2.45) is 0 Å². The highest BCUT2D eigenvalue weighted by Gasteiger charge is 2.52. The number of hydrogen-bond acceptors (Lipinski definition) is 2. The third kappa shape index (κ3) is 2.65. The molecule has 0 N–H and O–H groups in total. The van der Waals surface area contributed by atoms with Crippen molar-refractivity contribution < 1.29 is 9.31 Å². The van der Waals surface area contributed by atoms with Crippen LogP contribution < -0.4 is 5.46 Å². The van der Waals surface area contributed by atoms with Gasteiger partial charge in [0.15, 0.2) is 0 Å². The van der Waals surface area contributed by atoms with Gasteiger partial charge in [0.2, 0.25) is 0 Å². The molecule has 1 fully saturated rings. The summed E-state index contributed by atoms with van der Waals surface area (Å²) in [6.45, 7) is 20.1. The molecule has 1 heterocycles. The van der Waals surface area contributed by atoms with Gasteiger partial charge in [-0.3, -0.25) is 0 Å². The summed E-state index contributed by atoms with van der Waals surface area (Å²) >= 11 is 0. The standard InChI is InChI=1S/C21H33BO2/c1-14-12-15-16(19(4,5)11-10-18(15,2)3)13-17(14)22-23-20(6,7)21(8,9)24-22/h12-13H,10-11H2,1-9H3. The van der Waals surface area contributed by atoms with Crippen molar-refractivity contribution in [3.8, 4) is 0 Å². The predicted molar refractivity (Wildman–Crippen MR) is 102 cm³/mol. The van der Waals surface area contributed by atoms with E-state index < -0.39 is 0 Å². The average molecular weight is 328 g/mol. The summed E-state index contributed by atoms with van der Waals surface area (Å²) < 4.78 is 12.6. The van der Waals surface area contributed by atoms with Gasteiger partial charge in [-0.15, -0.1) is 0 Å². The normalized spacial score (nSPS) is 26.3.